The molecule has 2 aromatic rings. The van der Waals surface area contributed by atoms with Crippen LogP contribution in [0.5, 0.6) is 0 Å². The molecule has 1 aliphatic heterocycles. The van der Waals surface area contributed by atoms with Crippen LogP contribution in [0.15, 0.2) is 60.3 Å². The van der Waals surface area contributed by atoms with E-state index in [9.17, 15) is 14.4 Å². The largest absolute Gasteiger partial charge is 0.466 e. The molecule has 1 heterocycles. The summed E-state index contributed by atoms with van der Waals surface area (Å²) in [4.78, 5) is 37.2. The molecule has 0 radical (unpaired) electrons. The molecule has 2 N–H and O–H groups in total. The first-order valence-electron chi connectivity index (χ1n) is 9.83. The van der Waals surface area contributed by atoms with Gasteiger partial charge in [0.2, 0.25) is 0 Å². The fraction of sp³-hybridized carbons (Fsp3) is 0.261. The van der Waals surface area contributed by atoms with E-state index in [-0.39, 0.29) is 31.0 Å². The lowest BCUT2D eigenvalue weighted by Crippen LogP contribution is -2.30. The Bertz CT molecular complexity index is 969. The maximum absolute atomic E-state index is 12.8. The molecule has 0 aromatic heterocycles. The molecule has 30 heavy (non-hydrogen) atoms. The van der Waals surface area contributed by atoms with Crippen LogP contribution >= 0.6 is 0 Å². The van der Waals surface area contributed by atoms with Gasteiger partial charge >= 0.3 is 11.9 Å². The number of rotatable bonds is 7. The average Bonchev–Trinajstić information content (AvgIpc) is 2.92. The number of ketones is 1. The predicted molar refractivity (Wildman–Crippen MR) is 113 cm³/mol. The zero-order valence-electron chi connectivity index (χ0n) is 16.9. The van der Waals surface area contributed by atoms with E-state index in [4.69, 9.17) is 9.47 Å². The highest BCUT2D eigenvalue weighted by molar-refractivity contribution is 6.10. The molecule has 156 valence electrons. The lowest BCUT2D eigenvalue weighted by molar-refractivity contribution is -0.143. The van der Waals surface area contributed by atoms with Gasteiger partial charge in [-0.1, -0.05) is 30.3 Å². The smallest absolute Gasteiger partial charge is 0.337 e. The van der Waals surface area contributed by atoms with E-state index >= 15 is 0 Å². The second kappa shape index (κ2) is 9.73. The SMILES string of the molecule is CCOC(=O)CC1Nc2ccc(C(=O)c3ccccc3)cc2NC=C1C(=O)OCC. The van der Waals surface area contributed by atoms with E-state index in [0.717, 1.165) is 0 Å². The maximum atomic E-state index is 12.8. The Morgan fingerprint density at radius 2 is 1.63 bits per heavy atom. The van der Waals surface area contributed by atoms with Crippen molar-refractivity contribution in [2.24, 2.45) is 0 Å². The number of nitrogens with one attached hydrogen (secondary N) is 2. The van der Waals surface area contributed by atoms with E-state index in [1.165, 1.54) is 6.20 Å². The lowest BCUT2D eigenvalue weighted by Gasteiger charge is -2.20. The highest BCUT2D eigenvalue weighted by atomic mass is 16.5. The van der Waals surface area contributed by atoms with Gasteiger partial charge in [-0.2, -0.15) is 0 Å². The summed E-state index contributed by atoms with van der Waals surface area (Å²) in [6, 6.07) is 13.5. The van der Waals surface area contributed by atoms with Crippen LogP contribution in [0.3, 0.4) is 0 Å². The first kappa shape index (κ1) is 21.1. The third-order valence-electron chi connectivity index (χ3n) is 4.59. The Hall–Kier alpha value is -3.61. The van der Waals surface area contributed by atoms with E-state index in [2.05, 4.69) is 10.6 Å². The molecular formula is C23H24N2O5. The number of ether oxygens (including phenoxy) is 2. The lowest BCUT2D eigenvalue weighted by atomic mass is 10.0. The Morgan fingerprint density at radius 1 is 0.900 bits per heavy atom. The third-order valence-corrected chi connectivity index (χ3v) is 4.59. The zero-order chi connectivity index (χ0) is 21.5. The molecule has 0 saturated carbocycles. The Morgan fingerprint density at radius 3 is 2.33 bits per heavy atom. The number of esters is 2. The summed E-state index contributed by atoms with van der Waals surface area (Å²) in [5.41, 5.74) is 2.64. The number of fused-ring (bicyclic) bond motifs is 1. The van der Waals surface area contributed by atoms with E-state index in [1.807, 2.05) is 18.2 Å². The number of carbonyl (C=O) groups excluding carboxylic acids is 3. The van der Waals surface area contributed by atoms with Gasteiger partial charge in [0.25, 0.3) is 0 Å². The molecule has 0 spiro atoms. The monoisotopic (exact) mass is 408 g/mol. The molecule has 1 atom stereocenters. The quantitative estimate of drug-likeness (QED) is 0.535. The molecular weight excluding hydrogens is 384 g/mol. The van der Waals surface area contributed by atoms with Gasteiger partial charge in [0, 0.05) is 17.3 Å². The summed E-state index contributed by atoms with van der Waals surface area (Å²) < 4.78 is 10.2. The Kier molecular flexibility index (Phi) is 6.85. The Balaban J connectivity index is 1.91. The van der Waals surface area contributed by atoms with Crippen molar-refractivity contribution < 1.29 is 23.9 Å². The summed E-state index contributed by atoms with van der Waals surface area (Å²) in [6.45, 7) is 3.91. The van der Waals surface area contributed by atoms with Crippen LogP contribution in [0, 0.1) is 0 Å². The standard InChI is InChI=1S/C23H24N2O5/c1-3-29-21(26)13-19-17(23(28)30-4-2)14-24-20-12-16(10-11-18(20)25-19)22(27)15-8-6-5-7-9-15/h5-12,14,19,24-25H,3-4,13H2,1-2H3. The first-order chi connectivity index (χ1) is 14.5. The number of benzene rings is 2. The van der Waals surface area contributed by atoms with Crippen LogP contribution in [0.2, 0.25) is 0 Å². The minimum Gasteiger partial charge on any atom is -0.466 e. The maximum Gasteiger partial charge on any atom is 0.337 e. The van der Waals surface area contributed by atoms with Crippen molar-refractivity contribution in [2.45, 2.75) is 26.3 Å². The summed E-state index contributed by atoms with van der Waals surface area (Å²) in [7, 11) is 0. The van der Waals surface area contributed by atoms with Gasteiger partial charge < -0.3 is 20.1 Å². The Labute approximate surface area is 175 Å². The number of hydrogen-bond acceptors (Lipinski definition) is 7. The summed E-state index contributed by atoms with van der Waals surface area (Å²) >= 11 is 0. The minimum atomic E-state index is -0.632. The molecule has 0 saturated heterocycles. The topological polar surface area (TPSA) is 93.7 Å². The number of hydrogen-bond donors (Lipinski definition) is 2. The van der Waals surface area contributed by atoms with Crippen LogP contribution in [0.25, 0.3) is 0 Å². The molecule has 3 rings (SSSR count). The molecule has 0 aliphatic carbocycles. The molecule has 1 aliphatic rings. The molecule has 2 aromatic carbocycles. The van der Waals surface area contributed by atoms with Gasteiger partial charge in [0.1, 0.15) is 0 Å². The van der Waals surface area contributed by atoms with Crippen molar-refractivity contribution in [3.05, 3.63) is 71.4 Å². The van der Waals surface area contributed by atoms with Gasteiger partial charge in [-0.15, -0.1) is 0 Å². The second-order valence-corrected chi connectivity index (χ2v) is 6.63. The molecule has 0 amide bonds. The van der Waals surface area contributed by atoms with Crippen LogP contribution in [-0.2, 0) is 19.1 Å². The van der Waals surface area contributed by atoms with E-state index in [1.54, 1.807) is 44.2 Å². The molecule has 1 unspecified atom stereocenters. The van der Waals surface area contributed by atoms with Crippen LogP contribution in [0.4, 0.5) is 11.4 Å². The zero-order valence-corrected chi connectivity index (χ0v) is 16.9. The molecule has 0 bridgehead atoms. The van der Waals surface area contributed by atoms with Gasteiger partial charge in [0.05, 0.1) is 42.6 Å². The van der Waals surface area contributed by atoms with Crippen molar-refractivity contribution in [1.29, 1.82) is 0 Å². The number of anilines is 2. The normalized spacial score (nSPS) is 14.9. The van der Waals surface area contributed by atoms with Crippen molar-refractivity contribution in [2.75, 3.05) is 23.8 Å². The van der Waals surface area contributed by atoms with Crippen LogP contribution < -0.4 is 10.6 Å². The summed E-state index contributed by atoms with van der Waals surface area (Å²) in [6.07, 6.45) is 1.47. The molecule has 7 nitrogen and oxygen atoms in total. The van der Waals surface area contributed by atoms with Crippen molar-refractivity contribution in [3.8, 4) is 0 Å². The first-order valence-corrected chi connectivity index (χ1v) is 9.83. The van der Waals surface area contributed by atoms with Gasteiger partial charge in [-0.05, 0) is 32.0 Å². The third kappa shape index (κ3) is 4.86. The van der Waals surface area contributed by atoms with Gasteiger partial charge in [-0.25, -0.2) is 4.79 Å². The second-order valence-electron chi connectivity index (χ2n) is 6.63. The summed E-state index contributed by atoms with van der Waals surface area (Å²) in [5.74, 6) is -1.06. The van der Waals surface area contributed by atoms with Crippen molar-refractivity contribution in [3.63, 3.8) is 0 Å². The highest BCUT2D eigenvalue weighted by Crippen LogP contribution is 2.30. The predicted octanol–water partition coefficient (Wildman–Crippen LogP) is 3.52. The van der Waals surface area contributed by atoms with Crippen molar-refractivity contribution >= 4 is 29.1 Å². The van der Waals surface area contributed by atoms with Crippen molar-refractivity contribution in [1.82, 2.24) is 0 Å². The minimum absolute atomic E-state index is 0.0374. The average molecular weight is 408 g/mol. The molecule has 7 heteroatoms. The number of carbonyl (C=O) groups is 3. The highest BCUT2D eigenvalue weighted by Gasteiger charge is 2.28. The van der Waals surface area contributed by atoms with Gasteiger partial charge in [-0.3, -0.25) is 9.59 Å². The van der Waals surface area contributed by atoms with E-state index in [0.29, 0.717) is 22.5 Å². The van der Waals surface area contributed by atoms with E-state index < -0.39 is 18.0 Å². The van der Waals surface area contributed by atoms with Gasteiger partial charge in [0.15, 0.2) is 5.78 Å². The van der Waals surface area contributed by atoms with Crippen LogP contribution in [0.1, 0.15) is 36.2 Å². The summed E-state index contributed by atoms with van der Waals surface area (Å²) in [5, 5.41) is 6.27. The van der Waals surface area contributed by atoms with Crippen LogP contribution in [-0.4, -0.2) is 37.0 Å². The fourth-order valence-corrected chi connectivity index (χ4v) is 3.17. The fourth-order valence-electron chi connectivity index (χ4n) is 3.17. The molecule has 0 fully saturated rings.